The molecule has 4 heterocycles. The SMILES string of the molecule is COc1ccc([Si](C)(C)[C@H]2[C@H](CC(=O)N3Cc4ccccc4C[C@H]3CO)O[C@@]3(C(=O)N(Cc4ccccc4)c4ccc(N5CCNCC5=O)cc43)[C@@H]2C)cc1. The van der Waals surface area contributed by atoms with Crippen molar-refractivity contribution in [1.29, 1.82) is 0 Å². The monoisotopic (exact) mass is 758 g/mol. The van der Waals surface area contributed by atoms with Gasteiger partial charge in [0.25, 0.3) is 5.91 Å². The molecule has 4 aliphatic heterocycles. The quantitative estimate of drug-likeness (QED) is 0.238. The number of carbonyl (C=O) groups excluding carboxylic acids is 3. The van der Waals surface area contributed by atoms with E-state index in [1.165, 1.54) is 5.19 Å². The average Bonchev–Trinajstić information content (AvgIpc) is 3.63. The summed E-state index contributed by atoms with van der Waals surface area (Å²) >= 11 is 0. The van der Waals surface area contributed by atoms with Gasteiger partial charge in [0.15, 0.2) is 5.60 Å². The van der Waals surface area contributed by atoms with Crippen molar-refractivity contribution < 1.29 is 29.0 Å². The summed E-state index contributed by atoms with van der Waals surface area (Å²) in [7, 11) is -0.895. The van der Waals surface area contributed by atoms with E-state index in [4.69, 9.17) is 9.47 Å². The molecule has 55 heavy (non-hydrogen) atoms. The number of aliphatic hydroxyl groups excluding tert-OH is 1. The van der Waals surface area contributed by atoms with E-state index in [0.717, 1.165) is 39.4 Å². The molecule has 4 aromatic rings. The molecule has 11 heteroatoms. The highest BCUT2D eigenvalue weighted by atomic mass is 28.3. The van der Waals surface area contributed by atoms with E-state index in [-0.39, 0.29) is 54.8 Å². The number of rotatable bonds is 9. The first-order valence-electron chi connectivity index (χ1n) is 19.4. The second-order valence-corrected chi connectivity index (χ2v) is 20.7. The summed E-state index contributed by atoms with van der Waals surface area (Å²) < 4.78 is 12.9. The number of piperazine rings is 1. The van der Waals surface area contributed by atoms with Crippen LogP contribution in [0.2, 0.25) is 18.6 Å². The van der Waals surface area contributed by atoms with Crippen LogP contribution in [0.25, 0.3) is 0 Å². The maximum atomic E-state index is 15.4. The van der Waals surface area contributed by atoms with Crippen LogP contribution in [-0.4, -0.2) is 81.3 Å². The normalized spacial score (nSPS) is 25.0. The van der Waals surface area contributed by atoms with Gasteiger partial charge in [-0.2, -0.15) is 0 Å². The Bertz CT molecular complexity index is 2090. The molecule has 5 atom stereocenters. The first kappa shape index (κ1) is 37.1. The molecule has 8 rings (SSSR count). The van der Waals surface area contributed by atoms with Crippen molar-refractivity contribution in [2.45, 2.75) is 69.2 Å². The third-order valence-electron chi connectivity index (χ3n) is 12.7. The second-order valence-electron chi connectivity index (χ2n) is 16.0. The van der Waals surface area contributed by atoms with Crippen LogP contribution in [0, 0.1) is 5.92 Å². The summed E-state index contributed by atoms with van der Waals surface area (Å²) in [5.41, 5.74) is 3.89. The average molecular weight is 759 g/mol. The second kappa shape index (κ2) is 14.7. The number of ether oxygens (including phenoxy) is 2. The lowest BCUT2D eigenvalue weighted by Crippen LogP contribution is -2.52. The summed E-state index contributed by atoms with van der Waals surface area (Å²) in [6.45, 7) is 8.80. The van der Waals surface area contributed by atoms with Gasteiger partial charge in [-0.15, -0.1) is 0 Å². The lowest BCUT2D eigenvalue weighted by atomic mass is 9.82. The maximum absolute atomic E-state index is 15.4. The lowest BCUT2D eigenvalue weighted by molar-refractivity contribution is -0.151. The van der Waals surface area contributed by atoms with Gasteiger partial charge in [-0.1, -0.05) is 91.9 Å². The van der Waals surface area contributed by atoms with Crippen molar-refractivity contribution in [3.05, 3.63) is 119 Å². The molecule has 3 amide bonds. The Morgan fingerprint density at radius 3 is 2.42 bits per heavy atom. The third kappa shape index (κ3) is 6.36. The number of aliphatic hydroxyl groups is 1. The number of amides is 3. The molecule has 4 aromatic carbocycles. The molecule has 0 radical (unpaired) electrons. The zero-order valence-corrected chi connectivity index (χ0v) is 33.0. The molecule has 286 valence electrons. The van der Waals surface area contributed by atoms with Crippen molar-refractivity contribution in [2.24, 2.45) is 5.92 Å². The Hall–Kier alpha value is -4.81. The molecule has 2 saturated heterocycles. The van der Waals surface area contributed by atoms with E-state index < -0.39 is 19.8 Å². The first-order chi connectivity index (χ1) is 26.6. The van der Waals surface area contributed by atoms with Crippen molar-refractivity contribution in [3.63, 3.8) is 0 Å². The fourth-order valence-electron chi connectivity index (χ4n) is 9.80. The number of methoxy groups -OCH3 is 1. The van der Waals surface area contributed by atoms with Crippen molar-refractivity contribution in [3.8, 4) is 5.75 Å². The smallest absolute Gasteiger partial charge is 0.264 e. The van der Waals surface area contributed by atoms with Gasteiger partial charge in [0, 0.05) is 36.8 Å². The van der Waals surface area contributed by atoms with Gasteiger partial charge in [-0.3, -0.25) is 14.4 Å². The molecule has 0 unspecified atom stereocenters. The Balaban J connectivity index is 1.24. The van der Waals surface area contributed by atoms with E-state index in [1.54, 1.807) is 16.9 Å². The predicted molar refractivity (Wildman–Crippen MR) is 215 cm³/mol. The fraction of sp³-hybridized carbons (Fsp3) is 0.386. The number of fused-ring (bicyclic) bond motifs is 3. The minimum atomic E-state index is -2.55. The molecule has 0 aromatic heterocycles. The van der Waals surface area contributed by atoms with E-state index in [9.17, 15) is 14.7 Å². The Morgan fingerprint density at radius 2 is 1.71 bits per heavy atom. The van der Waals surface area contributed by atoms with Crippen molar-refractivity contribution in [1.82, 2.24) is 10.2 Å². The molecule has 1 spiro atoms. The number of nitrogens with one attached hydrogen (secondary N) is 1. The Labute approximate surface area is 324 Å². The maximum Gasteiger partial charge on any atom is 0.264 e. The van der Waals surface area contributed by atoms with Gasteiger partial charge in [-0.05, 0) is 59.0 Å². The van der Waals surface area contributed by atoms with Crippen molar-refractivity contribution >= 4 is 42.4 Å². The fourth-order valence-corrected chi connectivity index (χ4v) is 13.8. The molecule has 2 fully saturated rings. The van der Waals surface area contributed by atoms with Crippen LogP contribution >= 0.6 is 0 Å². The van der Waals surface area contributed by atoms with Crippen LogP contribution in [-0.2, 0) is 44.2 Å². The zero-order chi connectivity index (χ0) is 38.5. The highest BCUT2D eigenvalue weighted by Gasteiger charge is 2.66. The van der Waals surface area contributed by atoms with Gasteiger partial charge in [0.2, 0.25) is 11.8 Å². The van der Waals surface area contributed by atoms with Crippen molar-refractivity contribution in [2.75, 3.05) is 43.2 Å². The highest BCUT2D eigenvalue weighted by Crippen LogP contribution is 2.60. The predicted octanol–water partition coefficient (Wildman–Crippen LogP) is 4.73. The molecule has 0 aliphatic carbocycles. The van der Waals surface area contributed by atoms with Crippen LogP contribution in [0.1, 0.15) is 35.6 Å². The summed E-state index contributed by atoms with van der Waals surface area (Å²) in [6, 6.07) is 31.8. The molecule has 2 N–H and O–H groups in total. The van der Waals surface area contributed by atoms with Gasteiger partial charge in [0.05, 0.1) is 59.1 Å². The standard InChI is InChI=1S/C44H50N4O6Si/c1-29-42(55(3,4)36-17-15-35(53-2)16-18-36)39(24-40(50)47-27-32-13-9-8-12-31(32)22-34(47)28-49)54-44(29)37-23-33(46-21-20-45-25-41(46)51)14-19-38(37)48(43(44)52)26-30-10-6-5-7-11-30/h5-19,23,29,34,39,42,45,49H,20-22,24-28H2,1-4H3/t29-,34+,39+,42-,44+/m1/s1. The minimum Gasteiger partial charge on any atom is -0.497 e. The third-order valence-corrected chi connectivity index (χ3v) is 17.0. The molecule has 10 nitrogen and oxygen atoms in total. The topological polar surface area (TPSA) is 112 Å². The van der Waals surface area contributed by atoms with Crippen LogP contribution in [0.4, 0.5) is 11.4 Å². The first-order valence-corrected chi connectivity index (χ1v) is 22.5. The molecule has 4 aliphatic rings. The van der Waals surface area contributed by atoms with E-state index in [1.807, 2.05) is 83.8 Å². The summed E-state index contributed by atoms with van der Waals surface area (Å²) in [4.78, 5) is 48.6. The van der Waals surface area contributed by atoms with Gasteiger partial charge < -0.3 is 34.6 Å². The molecular formula is C44H50N4O6Si. The largest absolute Gasteiger partial charge is 0.497 e. The summed E-state index contributed by atoms with van der Waals surface area (Å²) in [5, 5.41) is 14.9. The number of carbonyl (C=O) groups is 3. The van der Waals surface area contributed by atoms with Gasteiger partial charge in [0.1, 0.15) is 5.75 Å². The zero-order valence-electron chi connectivity index (χ0n) is 32.0. The molecular weight excluding hydrogens is 709 g/mol. The van der Waals surface area contributed by atoms with E-state index >= 15 is 4.79 Å². The number of hydrogen-bond donors (Lipinski definition) is 2. The number of anilines is 2. The van der Waals surface area contributed by atoms with E-state index in [0.29, 0.717) is 32.6 Å². The minimum absolute atomic E-state index is 0.0259. The Morgan fingerprint density at radius 1 is 0.982 bits per heavy atom. The molecule has 0 bridgehead atoms. The van der Waals surface area contributed by atoms with Crippen LogP contribution in [0.15, 0.2) is 97.1 Å². The van der Waals surface area contributed by atoms with Crippen LogP contribution in [0.3, 0.4) is 0 Å². The number of hydrogen-bond acceptors (Lipinski definition) is 7. The lowest BCUT2D eigenvalue weighted by Gasteiger charge is -2.39. The van der Waals surface area contributed by atoms with Crippen LogP contribution in [0.5, 0.6) is 5.75 Å². The summed E-state index contributed by atoms with van der Waals surface area (Å²) in [5.74, 6) is 0.161. The Kier molecular flexibility index (Phi) is 9.91. The number of nitrogens with zero attached hydrogens (tertiary/aromatic N) is 3. The van der Waals surface area contributed by atoms with E-state index in [2.05, 4.69) is 43.5 Å². The number of benzene rings is 4. The summed E-state index contributed by atoms with van der Waals surface area (Å²) in [6.07, 6.45) is 0.0492. The molecule has 0 saturated carbocycles. The highest BCUT2D eigenvalue weighted by molar-refractivity contribution is 6.91. The van der Waals surface area contributed by atoms with Gasteiger partial charge in [-0.25, -0.2) is 0 Å². The van der Waals surface area contributed by atoms with Gasteiger partial charge >= 0.3 is 0 Å². The van der Waals surface area contributed by atoms with Crippen LogP contribution < -0.4 is 25.0 Å².